The average Bonchev–Trinajstić information content (AvgIpc) is 2.65. The number of amides is 1. The van der Waals surface area contributed by atoms with Gasteiger partial charge >= 0.3 is 0 Å². The molecule has 28 heavy (non-hydrogen) atoms. The summed E-state index contributed by atoms with van der Waals surface area (Å²) in [6.07, 6.45) is 0. The third-order valence-corrected chi connectivity index (χ3v) is 7.20. The van der Waals surface area contributed by atoms with E-state index in [0.29, 0.717) is 43.0 Å². The Hall–Kier alpha value is -2.22. The number of rotatable bonds is 4. The third kappa shape index (κ3) is 4.27. The van der Waals surface area contributed by atoms with Crippen LogP contribution in [0.25, 0.3) is 0 Å². The normalized spacial score (nSPS) is 16.1. The highest BCUT2D eigenvalue weighted by Gasteiger charge is 2.29. The molecule has 150 valence electrons. The van der Waals surface area contributed by atoms with Gasteiger partial charge in [-0.3, -0.25) is 4.79 Å². The molecule has 1 N–H and O–H groups in total. The Balaban J connectivity index is 1.87. The maximum atomic E-state index is 13.1. The molecule has 7 heteroatoms. The van der Waals surface area contributed by atoms with Crippen molar-refractivity contribution in [2.45, 2.75) is 25.7 Å². The number of aryl methyl sites for hydroxylation is 3. The molecule has 1 aliphatic rings. The van der Waals surface area contributed by atoms with Crippen LogP contribution >= 0.6 is 0 Å². The summed E-state index contributed by atoms with van der Waals surface area (Å²) < 4.78 is 27.8. The van der Waals surface area contributed by atoms with E-state index in [1.807, 2.05) is 39.1 Å². The quantitative estimate of drug-likeness (QED) is 0.855. The number of anilines is 1. The molecule has 0 aliphatic carbocycles. The number of hydrogen-bond acceptors (Lipinski definition) is 4. The molecule has 0 saturated carbocycles. The van der Waals surface area contributed by atoms with Crippen molar-refractivity contribution < 1.29 is 13.2 Å². The molecule has 1 aliphatic heterocycles. The van der Waals surface area contributed by atoms with Crippen LogP contribution in [0.5, 0.6) is 0 Å². The van der Waals surface area contributed by atoms with Gasteiger partial charge < -0.3 is 10.2 Å². The molecule has 1 amide bonds. The lowest BCUT2D eigenvalue weighted by Crippen LogP contribution is -2.47. The van der Waals surface area contributed by atoms with E-state index >= 15 is 0 Å². The molecule has 0 unspecified atom stereocenters. The minimum Gasteiger partial charge on any atom is -0.322 e. The van der Waals surface area contributed by atoms with Gasteiger partial charge in [-0.2, -0.15) is 4.31 Å². The summed E-state index contributed by atoms with van der Waals surface area (Å²) in [6, 6.07) is 10.7. The van der Waals surface area contributed by atoms with Gasteiger partial charge in [0.15, 0.2) is 0 Å². The van der Waals surface area contributed by atoms with Gasteiger partial charge in [0, 0.05) is 37.4 Å². The second-order valence-electron chi connectivity index (χ2n) is 7.46. The van der Waals surface area contributed by atoms with Gasteiger partial charge in [0.1, 0.15) is 0 Å². The molecule has 1 heterocycles. The molecule has 3 rings (SSSR count). The number of sulfonamides is 1. The number of nitrogens with one attached hydrogen (secondary N) is 1. The lowest BCUT2D eigenvalue weighted by atomic mass is 10.0. The molecular weight excluding hydrogens is 374 g/mol. The monoisotopic (exact) mass is 401 g/mol. The van der Waals surface area contributed by atoms with Crippen molar-refractivity contribution in [1.82, 2.24) is 9.21 Å². The summed E-state index contributed by atoms with van der Waals surface area (Å²) in [6.45, 7) is 7.95. The Labute approximate surface area is 167 Å². The minimum absolute atomic E-state index is 0.243. The molecule has 1 fully saturated rings. The SMILES string of the molecule is Cc1ccc(C)c(C(=O)Nc2ccc(C)c(S(=O)(=O)N3CCN(C)CC3)c2)c1. The second kappa shape index (κ2) is 8.03. The van der Waals surface area contributed by atoms with Crippen molar-refractivity contribution in [3.05, 3.63) is 58.7 Å². The van der Waals surface area contributed by atoms with Crippen molar-refractivity contribution in [1.29, 1.82) is 0 Å². The number of carbonyl (C=O) groups is 1. The molecule has 0 radical (unpaired) electrons. The maximum absolute atomic E-state index is 13.1. The van der Waals surface area contributed by atoms with Crippen LogP contribution in [-0.2, 0) is 10.0 Å². The van der Waals surface area contributed by atoms with Crippen LogP contribution in [0.4, 0.5) is 5.69 Å². The lowest BCUT2D eigenvalue weighted by Gasteiger charge is -2.32. The van der Waals surface area contributed by atoms with E-state index in [4.69, 9.17) is 0 Å². The molecule has 2 aromatic rings. The highest BCUT2D eigenvalue weighted by atomic mass is 32.2. The van der Waals surface area contributed by atoms with Crippen LogP contribution in [0.1, 0.15) is 27.0 Å². The smallest absolute Gasteiger partial charge is 0.255 e. The number of likely N-dealkylation sites (N-methyl/N-ethyl adjacent to an activating group) is 1. The van der Waals surface area contributed by atoms with Gasteiger partial charge in [0.2, 0.25) is 10.0 Å². The number of nitrogens with zero attached hydrogens (tertiary/aromatic N) is 2. The van der Waals surface area contributed by atoms with E-state index in [-0.39, 0.29) is 10.8 Å². The molecule has 0 bridgehead atoms. The number of benzene rings is 2. The zero-order valence-corrected chi connectivity index (χ0v) is 17.6. The first-order valence-electron chi connectivity index (χ1n) is 9.36. The third-order valence-electron chi connectivity index (χ3n) is 5.16. The van der Waals surface area contributed by atoms with E-state index in [9.17, 15) is 13.2 Å². The average molecular weight is 402 g/mol. The Bertz CT molecular complexity index is 994. The van der Waals surface area contributed by atoms with E-state index in [2.05, 4.69) is 10.2 Å². The van der Waals surface area contributed by atoms with Gasteiger partial charge in [-0.1, -0.05) is 23.8 Å². The summed E-state index contributed by atoms with van der Waals surface area (Å²) in [7, 11) is -1.61. The summed E-state index contributed by atoms with van der Waals surface area (Å²) in [5.74, 6) is -0.243. The second-order valence-corrected chi connectivity index (χ2v) is 9.37. The predicted octanol–water partition coefficient (Wildman–Crippen LogP) is 2.80. The molecule has 2 aromatic carbocycles. The first kappa shape index (κ1) is 20.5. The first-order chi connectivity index (χ1) is 13.2. The van der Waals surface area contributed by atoms with Crippen molar-refractivity contribution in [3.8, 4) is 0 Å². The Morgan fingerprint density at radius 3 is 2.25 bits per heavy atom. The van der Waals surface area contributed by atoms with Gasteiger partial charge in [0.25, 0.3) is 5.91 Å². The first-order valence-corrected chi connectivity index (χ1v) is 10.8. The number of piperazine rings is 1. The van der Waals surface area contributed by atoms with E-state index in [1.54, 1.807) is 25.1 Å². The van der Waals surface area contributed by atoms with Crippen LogP contribution < -0.4 is 5.32 Å². The van der Waals surface area contributed by atoms with Gasteiger partial charge in [-0.25, -0.2) is 8.42 Å². The Morgan fingerprint density at radius 2 is 1.57 bits per heavy atom. The molecule has 1 saturated heterocycles. The highest BCUT2D eigenvalue weighted by molar-refractivity contribution is 7.89. The zero-order chi connectivity index (χ0) is 20.5. The Morgan fingerprint density at radius 1 is 0.929 bits per heavy atom. The fourth-order valence-corrected chi connectivity index (χ4v) is 4.98. The predicted molar refractivity (Wildman–Crippen MR) is 111 cm³/mol. The van der Waals surface area contributed by atoms with Crippen LogP contribution in [0, 0.1) is 20.8 Å². The summed E-state index contributed by atoms with van der Waals surface area (Å²) in [5, 5.41) is 2.85. The van der Waals surface area contributed by atoms with Gasteiger partial charge in [-0.05, 0) is 57.1 Å². The summed E-state index contributed by atoms with van der Waals surface area (Å²) >= 11 is 0. The molecule has 0 spiro atoms. The topological polar surface area (TPSA) is 69.7 Å². The zero-order valence-electron chi connectivity index (χ0n) is 16.8. The van der Waals surface area contributed by atoms with Gasteiger partial charge in [0.05, 0.1) is 4.90 Å². The molecule has 0 atom stereocenters. The van der Waals surface area contributed by atoms with Crippen molar-refractivity contribution >= 4 is 21.6 Å². The highest BCUT2D eigenvalue weighted by Crippen LogP contribution is 2.25. The van der Waals surface area contributed by atoms with Crippen molar-refractivity contribution in [2.75, 3.05) is 38.5 Å². The fraction of sp³-hybridized carbons (Fsp3) is 0.381. The molecule has 6 nitrogen and oxygen atoms in total. The van der Waals surface area contributed by atoms with E-state index in [0.717, 1.165) is 11.1 Å². The summed E-state index contributed by atoms with van der Waals surface area (Å²) in [5.41, 5.74) is 3.61. The molecular formula is C21H27N3O3S. The van der Waals surface area contributed by atoms with Crippen LogP contribution in [0.15, 0.2) is 41.3 Å². The van der Waals surface area contributed by atoms with Crippen molar-refractivity contribution in [3.63, 3.8) is 0 Å². The lowest BCUT2D eigenvalue weighted by molar-refractivity contribution is 0.102. The van der Waals surface area contributed by atoms with Crippen LogP contribution in [0.3, 0.4) is 0 Å². The maximum Gasteiger partial charge on any atom is 0.255 e. The van der Waals surface area contributed by atoms with Crippen LogP contribution in [-0.4, -0.2) is 56.8 Å². The molecule has 0 aromatic heterocycles. The standard InChI is InChI=1S/C21H27N3O3S/c1-15-5-6-16(2)19(13-15)21(25)22-18-8-7-17(3)20(14-18)28(26,27)24-11-9-23(4)10-12-24/h5-8,13-14H,9-12H2,1-4H3,(H,22,25). The van der Waals surface area contributed by atoms with E-state index in [1.165, 1.54) is 4.31 Å². The fourth-order valence-electron chi connectivity index (χ4n) is 3.30. The Kier molecular flexibility index (Phi) is 5.88. The van der Waals surface area contributed by atoms with Crippen molar-refractivity contribution in [2.24, 2.45) is 0 Å². The van der Waals surface area contributed by atoms with Gasteiger partial charge in [-0.15, -0.1) is 0 Å². The van der Waals surface area contributed by atoms with Crippen LogP contribution in [0.2, 0.25) is 0 Å². The minimum atomic E-state index is -3.60. The number of carbonyl (C=O) groups excluding carboxylic acids is 1. The largest absolute Gasteiger partial charge is 0.322 e. The number of hydrogen-bond donors (Lipinski definition) is 1. The summed E-state index contributed by atoms with van der Waals surface area (Å²) in [4.78, 5) is 15.1. The van der Waals surface area contributed by atoms with E-state index < -0.39 is 10.0 Å².